The third kappa shape index (κ3) is 8.40. The monoisotopic (exact) mass is 705 g/mol. The number of benzene rings is 2. The molecule has 0 aliphatic rings. The van der Waals surface area contributed by atoms with Crippen LogP contribution >= 0.6 is 0 Å². The molecule has 0 fully saturated rings. The molecular weight excluding hydrogens is 672 g/mol. The van der Waals surface area contributed by atoms with Crippen LogP contribution in [0.2, 0.25) is 0 Å². The molecule has 6 aromatic heterocycles. The zero-order valence-corrected chi connectivity index (χ0v) is 26.9. The van der Waals surface area contributed by atoms with E-state index in [0.717, 1.165) is 70.9 Å². The number of aromatic nitrogens is 6. The minimum Gasteiger partial charge on any atom is -0.624 e. The molecule has 0 saturated carbocycles. The maximum absolute atomic E-state index is 10.9. The summed E-state index contributed by atoms with van der Waals surface area (Å²) in [5.74, 6) is 0. The number of nitrogens with zero attached hydrogens (tertiary/aromatic N) is 7. The molecule has 2 aromatic carbocycles. The third-order valence-corrected chi connectivity index (χ3v) is 6.98. The summed E-state index contributed by atoms with van der Waals surface area (Å²) in [6.07, 6.45) is 12.1. The number of hydrogen-bond acceptors (Lipinski definition) is 7. The number of rotatable bonds is 2. The average molecular weight is 705 g/mol. The van der Waals surface area contributed by atoms with Gasteiger partial charge in [-0.05, 0) is 61.0 Å². The van der Waals surface area contributed by atoms with Gasteiger partial charge in [-0.1, -0.05) is 56.0 Å². The van der Waals surface area contributed by atoms with E-state index in [4.69, 9.17) is 0 Å². The van der Waals surface area contributed by atoms with Gasteiger partial charge in [0.2, 0.25) is 0 Å². The van der Waals surface area contributed by atoms with Crippen molar-refractivity contribution < 1.29 is 24.2 Å². The molecule has 0 bridgehead atoms. The molecule has 0 saturated heterocycles. The summed E-state index contributed by atoms with van der Waals surface area (Å²) in [5.41, 5.74) is 7.44. The normalized spacial score (nSPS) is 10.6. The Kier molecular flexibility index (Phi) is 11.8. The first kappa shape index (κ1) is 34.3. The molecule has 47 heavy (non-hydrogen) atoms. The zero-order chi connectivity index (χ0) is 31.0. The summed E-state index contributed by atoms with van der Waals surface area (Å²) >= 11 is 0. The van der Waals surface area contributed by atoms with Gasteiger partial charge in [0, 0.05) is 83.8 Å². The summed E-state index contributed by atoms with van der Waals surface area (Å²) in [6, 6.07) is 31.8. The molecular formula is C38H33N7ORu. The van der Waals surface area contributed by atoms with Crippen LogP contribution in [0.5, 0.6) is 0 Å². The fourth-order valence-electron chi connectivity index (χ4n) is 4.91. The summed E-state index contributed by atoms with van der Waals surface area (Å²) in [6.45, 7) is 2.01. The summed E-state index contributed by atoms with van der Waals surface area (Å²) in [5, 5.41) is 15.5. The number of hydroxylamine groups is 1. The van der Waals surface area contributed by atoms with Gasteiger partial charge < -0.3 is 5.21 Å². The topological polar surface area (TPSA) is 103 Å². The molecule has 0 radical (unpaired) electrons. The van der Waals surface area contributed by atoms with E-state index < -0.39 is 0 Å². The standard InChI is InChI=1S/C13H13N3O.2C12H8N2.CH4.Ru/c1-10-3-5-14-12(7-10)13-8-11(4-6-15-13)9-16(2)17;2*1-3-9-5-6-10-4-2-8-14-12(10)11(9)13-7-1;;/h3-9H,1-2H3;2*1-8H;1H4;/b16-9-;;;;. The smallest absolute Gasteiger partial charge is 0.181 e. The van der Waals surface area contributed by atoms with E-state index in [0.29, 0.717) is 0 Å². The Balaban J connectivity index is 0.000000157. The van der Waals surface area contributed by atoms with Crippen LogP contribution in [0.3, 0.4) is 0 Å². The Morgan fingerprint density at radius 1 is 0.511 bits per heavy atom. The maximum Gasteiger partial charge on any atom is 0.181 e. The third-order valence-electron chi connectivity index (χ3n) is 6.98. The Morgan fingerprint density at radius 2 is 0.894 bits per heavy atom. The molecule has 0 amide bonds. The minimum absolute atomic E-state index is 0. The maximum atomic E-state index is 10.9. The van der Waals surface area contributed by atoms with Crippen molar-refractivity contribution in [1.82, 2.24) is 29.9 Å². The van der Waals surface area contributed by atoms with Gasteiger partial charge in [0.1, 0.15) is 7.05 Å². The van der Waals surface area contributed by atoms with Crippen molar-refractivity contribution in [2.45, 2.75) is 14.4 Å². The van der Waals surface area contributed by atoms with E-state index in [1.807, 2.05) is 49.4 Å². The van der Waals surface area contributed by atoms with E-state index >= 15 is 0 Å². The summed E-state index contributed by atoms with van der Waals surface area (Å²) in [7, 11) is 1.45. The first-order chi connectivity index (χ1) is 22.0. The molecule has 6 heterocycles. The number of pyridine rings is 6. The van der Waals surface area contributed by atoms with Gasteiger partial charge >= 0.3 is 0 Å². The van der Waals surface area contributed by atoms with Crippen molar-refractivity contribution in [2.24, 2.45) is 0 Å². The Bertz CT molecular complexity index is 2070. The minimum atomic E-state index is 0. The second-order valence-electron chi connectivity index (χ2n) is 10.3. The van der Waals surface area contributed by atoms with Gasteiger partial charge in [0.25, 0.3) is 0 Å². The van der Waals surface area contributed by atoms with Crippen LogP contribution < -0.4 is 0 Å². The first-order valence-corrected chi connectivity index (χ1v) is 14.4. The van der Waals surface area contributed by atoms with Gasteiger partial charge in [-0.25, -0.2) is 4.74 Å². The molecule has 8 aromatic rings. The fourth-order valence-corrected chi connectivity index (χ4v) is 4.91. The van der Waals surface area contributed by atoms with Crippen molar-refractivity contribution in [3.63, 3.8) is 0 Å². The molecule has 9 heteroatoms. The average Bonchev–Trinajstić information content (AvgIpc) is 3.09. The molecule has 0 aliphatic carbocycles. The number of hydrogen-bond donors (Lipinski definition) is 0. The van der Waals surface area contributed by atoms with E-state index in [1.165, 1.54) is 13.3 Å². The van der Waals surface area contributed by atoms with E-state index in [1.54, 1.807) is 43.2 Å². The quantitative estimate of drug-likeness (QED) is 0.0446. The van der Waals surface area contributed by atoms with Crippen LogP contribution in [0, 0.1) is 12.1 Å². The predicted octanol–water partition coefficient (Wildman–Crippen LogP) is 8.21. The largest absolute Gasteiger partial charge is 0.624 e. The van der Waals surface area contributed by atoms with Gasteiger partial charge in [-0.15, -0.1) is 0 Å². The van der Waals surface area contributed by atoms with Crippen molar-refractivity contribution in [3.05, 3.63) is 151 Å². The van der Waals surface area contributed by atoms with Crippen LogP contribution in [0.25, 0.3) is 55.0 Å². The van der Waals surface area contributed by atoms with Gasteiger partial charge in [-0.2, -0.15) is 0 Å². The molecule has 0 aliphatic heterocycles. The number of aryl methyl sites for hydroxylation is 1. The van der Waals surface area contributed by atoms with Crippen molar-refractivity contribution in [2.75, 3.05) is 7.05 Å². The SMILES string of the molecule is C.Cc1ccnc(-c2cc(/C=[N+](/C)[O-])ccn2)c1.[Ru].c1cnc2c(c1)ccc1cccnc12.c1cnc2c(c1)ccc1cccnc12. The van der Waals surface area contributed by atoms with Crippen molar-refractivity contribution in [1.29, 1.82) is 0 Å². The van der Waals surface area contributed by atoms with E-state index in [9.17, 15) is 5.21 Å². The molecule has 0 spiro atoms. The fraction of sp³-hybridized carbons (Fsp3) is 0.0789. The Hall–Kier alpha value is -5.53. The second kappa shape index (κ2) is 16.2. The van der Waals surface area contributed by atoms with Gasteiger partial charge in [0.05, 0.1) is 33.5 Å². The summed E-state index contributed by atoms with van der Waals surface area (Å²) < 4.78 is 0.767. The molecule has 234 valence electrons. The van der Waals surface area contributed by atoms with Crippen LogP contribution in [0.15, 0.2) is 134 Å². The molecule has 8 rings (SSSR count). The second-order valence-corrected chi connectivity index (χ2v) is 10.3. The summed E-state index contributed by atoms with van der Waals surface area (Å²) in [4.78, 5) is 25.9. The van der Waals surface area contributed by atoms with Crippen molar-refractivity contribution >= 4 is 49.8 Å². The van der Waals surface area contributed by atoms with Crippen molar-refractivity contribution in [3.8, 4) is 11.4 Å². The first-order valence-electron chi connectivity index (χ1n) is 14.4. The van der Waals surface area contributed by atoms with E-state index in [2.05, 4.69) is 78.4 Å². The van der Waals surface area contributed by atoms with Gasteiger partial charge in [0.15, 0.2) is 6.21 Å². The van der Waals surface area contributed by atoms with Crippen LogP contribution in [0.1, 0.15) is 18.6 Å². The Morgan fingerprint density at radius 3 is 1.28 bits per heavy atom. The number of fused-ring (bicyclic) bond motifs is 6. The molecule has 0 unspecified atom stereocenters. The van der Waals surface area contributed by atoms with Crippen LogP contribution in [0.4, 0.5) is 0 Å². The van der Waals surface area contributed by atoms with Crippen LogP contribution in [-0.4, -0.2) is 47.9 Å². The predicted molar refractivity (Wildman–Crippen MR) is 188 cm³/mol. The molecule has 0 N–H and O–H groups in total. The molecule has 0 atom stereocenters. The van der Waals surface area contributed by atoms with E-state index in [-0.39, 0.29) is 26.9 Å². The van der Waals surface area contributed by atoms with Crippen LogP contribution in [-0.2, 0) is 19.5 Å². The molecule has 8 nitrogen and oxygen atoms in total. The van der Waals surface area contributed by atoms with Gasteiger partial charge in [-0.3, -0.25) is 29.9 Å². The Labute approximate surface area is 286 Å². The zero-order valence-electron chi connectivity index (χ0n) is 25.2.